The van der Waals surface area contributed by atoms with E-state index in [0.717, 1.165) is 16.8 Å². The molecule has 2 fully saturated rings. The molecule has 108 valence electrons. The monoisotopic (exact) mass is 274 g/mol. The van der Waals surface area contributed by atoms with Gasteiger partial charge < -0.3 is 14.6 Å². The van der Waals surface area contributed by atoms with Crippen molar-refractivity contribution in [3.8, 4) is 0 Å². The van der Waals surface area contributed by atoms with Gasteiger partial charge in [0.15, 0.2) is 0 Å². The van der Waals surface area contributed by atoms with Crippen molar-refractivity contribution in [3.05, 3.63) is 17.8 Å². The van der Waals surface area contributed by atoms with Crippen molar-refractivity contribution in [2.24, 2.45) is 0 Å². The van der Waals surface area contributed by atoms with E-state index in [-0.39, 0.29) is 18.3 Å². The van der Waals surface area contributed by atoms with Crippen LogP contribution in [0.4, 0.5) is 5.82 Å². The standard InChI is InChI=1S/C15H23BN2O2/c1-10-8-12(13(17-9-10)18-11-6-7-11)16-19-14(2,3)15(4,5)20-16/h8-9,11H,6-7H2,1-5H3,(H,17,18). The lowest BCUT2D eigenvalue weighted by molar-refractivity contribution is 0.00578. The zero-order chi connectivity index (χ0) is 14.5. The second kappa shape index (κ2) is 4.47. The molecule has 2 aliphatic rings. The highest BCUT2D eigenvalue weighted by Crippen LogP contribution is 2.37. The lowest BCUT2D eigenvalue weighted by Gasteiger charge is -2.32. The van der Waals surface area contributed by atoms with Crippen LogP contribution in [0.15, 0.2) is 12.3 Å². The minimum atomic E-state index is -0.353. The molecule has 0 atom stereocenters. The number of hydrogen-bond acceptors (Lipinski definition) is 4. The normalized spacial score (nSPS) is 23.9. The van der Waals surface area contributed by atoms with E-state index in [0.29, 0.717) is 6.04 Å². The maximum atomic E-state index is 6.15. The number of nitrogens with one attached hydrogen (secondary N) is 1. The number of rotatable bonds is 3. The number of anilines is 1. The molecule has 4 nitrogen and oxygen atoms in total. The first-order valence-corrected chi connectivity index (χ1v) is 7.37. The lowest BCUT2D eigenvalue weighted by atomic mass is 9.78. The summed E-state index contributed by atoms with van der Waals surface area (Å²) in [4.78, 5) is 4.53. The maximum absolute atomic E-state index is 6.15. The molecule has 0 spiro atoms. The van der Waals surface area contributed by atoms with Crippen molar-refractivity contribution in [1.29, 1.82) is 0 Å². The summed E-state index contributed by atoms with van der Waals surface area (Å²) in [7, 11) is -0.353. The van der Waals surface area contributed by atoms with Gasteiger partial charge in [-0.2, -0.15) is 0 Å². The molecular formula is C15H23BN2O2. The van der Waals surface area contributed by atoms with Crippen molar-refractivity contribution in [3.63, 3.8) is 0 Å². The molecule has 0 unspecified atom stereocenters. The fourth-order valence-electron chi connectivity index (χ4n) is 2.28. The predicted octanol–water partition coefficient (Wildman–Crippen LogP) is 2.26. The van der Waals surface area contributed by atoms with Crippen LogP contribution in [0.5, 0.6) is 0 Å². The summed E-state index contributed by atoms with van der Waals surface area (Å²) in [5.41, 5.74) is 1.49. The molecule has 0 radical (unpaired) electrons. The molecule has 0 amide bonds. The van der Waals surface area contributed by atoms with E-state index >= 15 is 0 Å². The third kappa shape index (κ3) is 2.45. The Hall–Kier alpha value is -1.07. The van der Waals surface area contributed by atoms with E-state index < -0.39 is 0 Å². The number of aromatic nitrogens is 1. The van der Waals surface area contributed by atoms with Crippen LogP contribution in [0, 0.1) is 6.92 Å². The highest BCUT2D eigenvalue weighted by molar-refractivity contribution is 6.63. The van der Waals surface area contributed by atoms with Gasteiger partial charge in [-0.25, -0.2) is 4.98 Å². The Kier molecular flexibility index (Phi) is 3.10. The third-order valence-corrected chi connectivity index (χ3v) is 4.48. The number of nitrogens with zero attached hydrogens (tertiary/aromatic N) is 1. The quantitative estimate of drug-likeness (QED) is 0.859. The summed E-state index contributed by atoms with van der Waals surface area (Å²) in [5, 5.41) is 3.47. The fourth-order valence-corrected chi connectivity index (χ4v) is 2.28. The number of pyridine rings is 1. The zero-order valence-corrected chi connectivity index (χ0v) is 13.0. The first-order chi connectivity index (χ1) is 9.28. The first kappa shape index (κ1) is 13.9. The summed E-state index contributed by atoms with van der Waals surface area (Å²) in [6.45, 7) is 10.3. The topological polar surface area (TPSA) is 43.4 Å². The molecule has 3 rings (SSSR count). The van der Waals surface area contributed by atoms with Gasteiger partial charge in [-0.3, -0.25) is 0 Å². The molecule has 1 N–H and O–H groups in total. The van der Waals surface area contributed by atoms with Crippen LogP contribution in [0.2, 0.25) is 0 Å². The summed E-state index contributed by atoms with van der Waals surface area (Å²) in [6, 6.07) is 2.67. The maximum Gasteiger partial charge on any atom is 0.498 e. The van der Waals surface area contributed by atoms with Crippen LogP contribution in [-0.2, 0) is 9.31 Å². The van der Waals surface area contributed by atoms with Gasteiger partial charge in [-0.05, 0) is 53.0 Å². The van der Waals surface area contributed by atoms with Crippen LogP contribution in [0.3, 0.4) is 0 Å². The average Bonchev–Trinajstić information content (AvgIpc) is 3.10. The Labute approximate surface area is 121 Å². The Morgan fingerprint density at radius 3 is 2.35 bits per heavy atom. The summed E-state index contributed by atoms with van der Waals surface area (Å²) >= 11 is 0. The highest BCUT2D eigenvalue weighted by atomic mass is 16.7. The first-order valence-electron chi connectivity index (χ1n) is 7.37. The van der Waals surface area contributed by atoms with Gasteiger partial charge in [0.05, 0.1) is 11.2 Å². The number of hydrogen-bond donors (Lipinski definition) is 1. The van der Waals surface area contributed by atoms with Gasteiger partial charge in [-0.1, -0.05) is 6.07 Å². The van der Waals surface area contributed by atoms with Crippen LogP contribution in [0.25, 0.3) is 0 Å². The smallest absolute Gasteiger partial charge is 0.399 e. The van der Waals surface area contributed by atoms with Gasteiger partial charge in [-0.15, -0.1) is 0 Å². The minimum Gasteiger partial charge on any atom is -0.399 e. The molecule has 0 aromatic carbocycles. The van der Waals surface area contributed by atoms with E-state index in [1.807, 2.05) is 13.1 Å². The fraction of sp³-hybridized carbons (Fsp3) is 0.667. The Morgan fingerprint density at radius 1 is 1.20 bits per heavy atom. The predicted molar refractivity (Wildman–Crippen MR) is 81.3 cm³/mol. The van der Waals surface area contributed by atoms with Crippen molar-refractivity contribution >= 4 is 18.4 Å². The Bertz CT molecular complexity index is 511. The van der Waals surface area contributed by atoms with E-state index in [2.05, 4.69) is 44.1 Å². The van der Waals surface area contributed by atoms with Gasteiger partial charge in [0.1, 0.15) is 5.82 Å². The second-order valence-electron chi connectivity index (χ2n) is 6.96. The van der Waals surface area contributed by atoms with Crippen molar-refractivity contribution in [1.82, 2.24) is 4.98 Å². The van der Waals surface area contributed by atoms with Gasteiger partial charge in [0.25, 0.3) is 0 Å². The molecule has 5 heteroatoms. The molecule has 20 heavy (non-hydrogen) atoms. The van der Waals surface area contributed by atoms with E-state index in [1.165, 1.54) is 12.8 Å². The second-order valence-corrected chi connectivity index (χ2v) is 6.96. The van der Waals surface area contributed by atoms with Crippen molar-refractivity contribution in [2.45, 2.75) is 64.7 Å². The Balaban J connectivity index is 1.91. The van der Waals surface area contributed by atoms with Crippen molar-refractivity contribution in [2.75, 3.05) is 5.32 Å². The summed E-state index contributed by atoms with van der Waals surface area (Å²) in [6.07, 6.45) is 4.33. The molecule has 1 aliphatic carbocycles. The lowest BCUT2D eigenvalue weighted by Crippen LogP contribution is -2.41. The molecule has 1 aromatic heterocycles. The molecule has 1 aliphatic heterocycles. The molecule has 0 bridgehead atoms. The minimum absolute atomic E-state index is 0.321. The summed E-state index contributed by atoms with van der Waals surface area (Å²) < 4.78 is 12.3. The highest BCUT2D eigenvalue weighted by Gasteiger charge is 2.52. The van der Waals surface area contributed by atoms with Crippen LogP contribution < -0.4 is 10.8 Å². The van der Waals surface area contributed by atoms with Crippen molar-refractivity contribution < 1.29 is 9.31 Å². The molecule has 2 heterocycles. The van der Waals surface area contributed by atoms with Crippen LogP contribution >= 0.6 is 0 Å². The van der Waals surface area contributed by atoms with E-state index in [1.54, 1.807) is 0 Å². The van der Waals surface area contributed by atoms with Gasteiger partial charge in [0, 0.05) is 17.7 Å². The summed E-state index contributed by atoms with van der Waals surface area (Å²) in [5.74, 6) is 0.900. The molecule has 1 saturated carbocycles. The molecule has 1 saturated heterocycles. The zero-order valence-electron chi connectivity index (χ0n) is 13.0. The SMILES string of the molecule is Cc1cnc(NC2CC2)c(B2OC(C)(C)C(C)(C)O2)c1. The molecular weight excluding hydrogens is 251 g/mol. The molecule has 1 aromatic rings. The largest absolute Gasteiger partial charge is 0.498 e. The van der Waals surface area contributed by atoms with Crippen LogP contribution in [-0.4, -0.2) is 29.3 Å². The Morgan fingerprint density at radius 2 is 1.80 bits per heavy atom. The van der Waals surface area contributed by atoms with Crippen LogP contribution in [0.1, 0.15) is 46.1 Å². The van der Waals surface area contributed by atoms with E-state index in [9.17, 15) is 0 Å². The third-order valence-electron chi connectivity index (χ3n) is 4.48. The number of aryl methyl sites for hydroxylation is 1. The van der Waals surface area contributed by atoms with Gasteiger partial charge in [0.2, 0.25) is 0 Å². The average molecular weight is 274 g/mol. The van der Waals surface area contributed by atoms with E-state index in [4.69, 9.17) is 9.31 Å². The van der Waals surface area contributed by atoms with Gasteiger partial charge >= 0.3 is 7.12 Å².